The maximum Gasteiger partial charge on any atom is 0.408 e. The van der Waals surface area contributed by atoms with E-state index in [0.29, 0.717) is 0 Å². The predicted octanol–water partition coefficient (Wildman–Crippen LogP) is 1.18. The Morgan fingerprint density at radius 2 is 2.07 bits per heavy atom. The molecule has 1 N–H and O–H groups in total. The molecule has 0 spiro atoms. The molecule has 0 aromatic carbocycles. The number of ether oxygens (including phenoxy) is 1. The van der Waals surface area contributed by atoms with Crippen LogP contribution in [0, 0.1) is 10.1 Å². The number of carbonyl (C=O) groups excluding carboxylic acids is 1. The number of hydrogen-bond donors (Lipinski definition) is 1. The molecule has 0 radical (unpaired) electrons. The predicted molar refractivity (Wildman–Crippen MR) is 50.7 cm³/mol. The number of alkyl carbamates (subject to hydrolysis) is 1. The normalized spacial score (nSPS) is 13.1. The quantitative estimate of drug-likeness (QED) is 0.552. The zero-order valence-electron chi connectivity index (χ0n) is 8.86. The van der Waals surface area contributed by atoms with Crippen molar-refractivity contribution in [2.24, 2.45) is 0 Å². The van der Waals surface area contributed by atoms with E-state index in [1.165, 1.54) is 0 Å². The van der Waals surface area contributed by atoms with Gasteiger partial charge in [0.15, 0.2) is 0 Å². The fourth-order valence-electron chi connectivity index (χ4n) is 0.778. The van der Waals surface area contributed by atoms with Crippen LogP contribution in [0.5, 0.6) is 0 Å². The molecular formula is C8H16N2O4. The lowest BCUT2D eigenvalue weighted by Gasteiger charge is -2.20. The lowest BCUT2D eigenvalue weighted by Crippen LogP contribution is -2.40. The summed E-state index contributed by atoms with van der Waals surface area (Å²) in [7, 11) is 0. The van der Waals surface area contributed by atoms with E-state index in [4.69, 9.17) is 4.74 Å². The molecular weight excluding hydrogens is 188 g/mol. The molecule has 0 saturated carbocycles. The van der Waals surface area contributed by atoms with Crippen molar-refractivity contribution in [3.05, 3.63) is 10.1 Å². The van der Waals surface area contributed by atoms with Gasteiger partial charge in [-0.1, -0.05) is 0 Å². The van der Waals surface area contributed by atoms with Crippen molar-refractivity contribution in [1.82, 2.24) is 5.32 Å². The van der Waals surface area contributed by atoms with Crippen LogP contribution in [0.2, 0.25) is 0 Å². The van der Waals surface area contributed by atoms with Crippen LogP contribution in [0.1, 0.15) is 27.7 Å². The van der Waals surface area contributed by atoms with Crippen LogP contribution >= 0.6 is 0 Å². The Kier molecular flexibility index (Phi) is 4.33. The first kappa shape index (κ1) is 12.7. The molecule has 0 aromatic heterocycles. The zero-order chi connectivity index (χ0) is 11.4. The number of nitrogens with zero attached hydrogens (tertiary/aromatic N) is 1. The zero-order valence-corrected chi connectivity index (χ0v) is 8.86. The van der Waals surface area contributed by atoms with E-state index in [1.807, 2.05) is 0 Å². The summed E-state index contributed by atoms with van der Waals surface area (Å²) >= 11 is 0. The number of amides is 1. The first-order valence-electron chi connectivity index (χ1n) is 4.32. The molecule has 0 saturated heterocycles. The molecule has 0 aliphatic heterocycles. The van der Waals surface area contributed by atoms with Gasteiger partial charge in [-0.2, -0.15) is 0 Å². The second kappa shape index (κ2) is 4.78. The topological polar surface area (TPSA) is 81.5 Å². The largest absolute Gasteiger partial charge is 0.444 e. The van der Waals surface area contributed by atoms with Crippen LogP contribution in [0.3, 0.4) is 0 Å². The maximum absolute atomic E-state index is 11.1. The van der Waals surface area contributed by atoms with Crippen LogP contribution in [-0.2, 0) is 4.74 Å². The van der Waals surface area contributed by atoms with Crippen molar-refractivity contribution < 1.29 is 14.5 Å². The number of carbonyl (C=O) groups is 1. The summed E-state index contributed by atoms with van der Waals surface area (Å²) in [6.45, 7) is 6.42. The van der Waals surface area contributed by atoms with Crippen molar-refractivity contribution in [2.45, 2.75) is 39.3 Å². The number of hydrogen-bond acceptors (Lipinski definition) is 4. The molecule has 0 fully saturated rings. The highest BCUT2D eigenvalue weighted by molar-refractivity contribution is 5.68. The summed E-state index contributed by atoms with van der Waals surface area (Å²) in [4.78, 5) is 20.7. The molecule has 82 valence electrons. The molecule has 0 aliphatic carbocycles. The smallest absolute Gasteiger partial charge is 0.408 e. The van der Waals surface area contributed by atoms with Crippen LogP contribution in [-0.4, -0.2) is 29.2 Å². The minimum absolute atomic E-state index is 0.306. The number of nitrogens with one attached hydrogen (secondary N) is 1. The van der Waals surface area contributed by atoms with Crippen molar-refractivity contribution in [3.63, 3.8) is 0 Å². The van der Waals surface area contributed by atoms with E-state index in [2.05, 4.69) is 5.32 Å². The highest BCUT2D eigenvalue weighted by Gasteiger charge is 2.19. The SMILES string of the molecule is C[C@@H](C[N+](=O)[O-])NC(=O)OC(C)(C)C. The molecule has 6 nitrogen and oxygen atoms in total. The highest BCUT2D eigenvalue weighted by atomic mass is 16.6. The van der Waals surface area contributed by atoms with Crippen LogP contribution in [0.4, 0.5) is 4.79 Å². The Balaban J connectivity index is 3.89. The van der Waals surface area contributed by atoms with Crippen molar-refractivity contribution >= 4 is 6.09 Å². The van der Waals surface area contributed by atoms with Gasteiger partial charge < -0.3 is 10.1 Å². The highest BCUT2D eigenvalue weighted by Crippen LogP contribution is 2.06. The molecule has 0 aliphatic rings. The molecule has 1 atom stereocenters. The Morgan fingerprint density at radius 3 is 2.43 bits per heavy atom. The van der Waals surface area contributed by atoms with Gasteiger partial charge in [-0.25, -0.2) is 4.79 Å². The number of nitro groups is 1. The maximum atomic E-state index is 11.1. The van der Waals surface area contributed by atoms with Crippen molar-refractivity contribution in [1.29, 1.82) is 0 Å². The molecule has 0 aromatic rings. The average Bonchev–Trinajstić information content (AvgIpc) is 1.77. The molecule has 0 unspecified atom stereocenters. The summed E-state index contributed by atoms with van der Waals surface area (Å²) < 4.78 is 4.92. The standard InChI is InChI=1S/C8H16N2O4/c1-6(5-10(12)13)9-7(11)14-8(2,3)4/h6H,5H2,1-4H3,(H,9,11)/t6-/m0/s1. The van der Waals surface area contributed by atoms with Gasteiger partial charge in [-0.05, 0) is 27.7 Å². The first-order chi connectivity index (χ1) is 6.20. The fourth-order valence-corrected chi connectivity index (χ4v) is 0.778. The van der Waals surface area contributed by atoms with Gasteiger partial charge in [0.05, 0.1) is 6.04 Å². The van der Waals surface area contributed by atoms with Crippen LogP contribution in [0.25, 0.3) is 0 Å². The molecule has 1 amide bonds. The van der Waals surface area contributed by atoms with E-state index < -0.39 is 22.7 Å². The molecule has 0 rings (SSSR count). The first-order valence-corrected chi connectivity index (χ1v) is 4.32. The third-order valence-electron chi connectivity index (χ3n) is 1.19. The van der Waals surface area contributed by atoms with E-state index in [-0.39, 0.29) is 6.54 Å². The Labute approximate surface area is 82.8 Å². The Bertz CT molecular complexity index is 222. The fraction of sp³-hybridized carbons (Fsp3) is 0.875. The van der Waals surface area contributed by atoms with Gasteiger partial charge in [0.2, 0.25) is 6.54 Å². The second-order valence-electron chi connectivity index (χ2n) is 4.06. The van der Waals surface area contributed by atoms with Gasteiger partial charge in [0.1, 0.15) is 5.60 Å². The van der Waals surface area contributed by atoms with Gasteiger partial charge in [-0.15, -0.1) is 0 Å². The minimum atomic E-state index is -0.633. The third kappa shape index (κ3) is 7.33. The van der Waals surface area contributed by atoms with Crippen molar-refractivity contribution in [2.75, 3.05) is 6.54 Å². The summed E-state index contributed by atoms with van der Waals surface area (Å²) in [5, 5.41) is 12.5. The molecule has 0 bridgehead atoms. The van der Waals surface area contributed by atoms with Crippen LogP contribution in [0.15, 0.2) is 0 Å². The molecule has 0 heterocycles. The lowest BCUT2D eigenvalue weighted by atomic mass is 10.2. The Hall–Kier alpha value is -1.33. The van der Waals surface area contributed by atoms with E-state index >= 15 is 0 Å². The average molecular weight is 204 g/mol. The third-order valence-corrected chi connectivity index (χ3v) is 1.19. The van der Waals surface area contributed by atoms with Crippen LogP contribution < -0.4 is 5.32 Å². The van der Waals surface area contributed by atoms with Gasteiger partial charge in [0, 0.05) is 4.92 Å². The molecule has 6 heteroatoms. The molecule has 14 heavy (non-hydrogen) atoms. The Morgan fingerprint density at radius 1 is 1.57 bits per heavy atom. The van der Waals surface area contributed by atoms with Gasteiger partial charge in [0.25, 0.3) is 0 Å². The van der Waals surface area contributed by atoms with E-state index in [1.54, 1.807) is 27.7 Å². The lowest BCUT2D eigenvalue weighted by molar-refractivity contribution is -0.482. The number of rotatable bonds is 3. The summed E-state index contributed by atoms with van der Waals surface area (Å²) in [5.74, 6) is 0. The summed E-state index contributed by atoms with van der Waals surface area (Å²) in [6.07, 6.45) is -0.633. The minimum Gasteiger partial charge on any atom is -0.444 e. The van der Waals surface area contributed by atoms with E-state index in [9.17, 15) is 14.9 Å². The van der Waals surface area contributed by atoms with Gasteiger partial charge >= 0.3 is 6.09 Å². The summed E-state index contributed by atoms with van der Waals surface area (Å²) in [6, 6.07) is -0.528. The summed E-state index contributed by atoms with van der Waals surface area (Å²) in [5.41, 5.74) is -0.585. The van der Waals surface area contributed by atoms with E-state index in [0.717, 1.165) is 0 Å². The van der Waals surface area contributed by atoms with Crippen molar-refractivity contribution in [3.8, 4) is 0 Å². The monoisotopic (exact) mass is 204 g/mol. The second-order valence-corrected chi connectivity index (χ2v) is 4.06. The van der Waals surface area contributed by atoms with Gasteiger partial charge in [-0.3, -0.25) is 10.1 Å².